The van der Waals surface area contributed by atoms with Crippen LogP contribution in [0.15, 0.2) is 5.03 Å². The van der Waals surface area contributed by atoms with Crippen molar-refractivity contribution in [3.8, 4) is 0 Å². The average Bonchev–Trinajstić information content (AvgIpc) is 3.29. The maximum Gasteiger partial charge on any atom is 0.260 e. The largest absolute Gasteiger partial charge is 0.310 e. The molecule has 6 nitrogen and oxygen atoms in total. The fourth-order valence-corrected chi connectivity index (χ4v) is 3.65. The molecule has 0 radical (unpaired) electrons. The van der Waals surface area contributed by atoms with Crippen LogP contribution in [0.2, 0.25) is 0 Å². The second kappa shape index (κ2) is 5.13. The van der Waals surface area contributed by atoms with E-state index in [2.05, 4.69) is 27.2 Å². The third-order valence-electron chi connectivity index (χ3n) is 4.25. The number of H-pyrrole nitrogens is 1. The lowest BCUT2D eigenvalue weighted by Gasteiger charge is -2.07. The summed E-state index contributed by atoms with van der Waals surface area (Å²) in [6, 6.07) is 0.542. The number of nitrogens with one attached hydrogen (secondary N) is 3. The van der Waals surface area contributed by atoms with E-state index in [0.29, 0.717) is 31.0 Å². The monoisotopic (exact) mass is 298 g/mol. The molecule has 20 heavy (non-hydrogen) atoms. The fraction of sp³-hybridized carbons (Fsp3) is 0.769. The predicted octanol–water partition coefficient (Wildman–Crippen LogP) is 0.904. The molecule has 0 aliphatic heterocycles. The number of rotatable bonds is 7. The van der Waals surface area contributed by atoms with Gasteiger partial charge < -0.3 is 5.32 Å². The molecule has 3 N–H and O–H groups in total. The van der Waals surface area contributed by atoms with Crippen LogP contribution in [-0.2, 0) is 16.6 Å². The Labute approximate surface area is 119 Å². The van der Waals surface area contributed by atoms with E-state index in [1.165, 1.54) is 12.8 Å². The van der Waals surface area contributed by atoms with Crippen LogP contribution >= 0.6 is 0 Å². The molecular formula is C13H22N4O2S. The molecule has 1 aromatic heterocycles. The van der Waals surface area contributed by atoms with E-state index in [1.807, 2.05) is 6.92 Å². The van der Waals surface area contributed by atoms with Gasteiger partial charge in [-0.25, -0.2) is 13.1 Å². The standard InChI is InChI=1S/C13H22N4O2S/c1-8-5-10(8)6-15-20(18,19)13-12(9(2)16-17-13)7-14-11-3-4-11/h8,10-11,14-15H,3-7H2,1-2H3,(H,16,17). The molecule has 1 heterocycles. The van der Waals surface area contributed by atoms with Gasteiger partial charge in [-0.3, -0.25) is 5.10 Å². The van der Waals surface area contributed by atoms with Gasteiger partial charge in [0.2, 0.25) is 0 Å². The van der Waals surface area contributed by atoms with Crippen molar-refractivity contribution < 1.29 is 8.42 Å². The second-order valence-corrected chi connectivity index (χ2v) is 7.79. The third kappa shape index (κ3) is 3.05. The maximum absolute atomic E-state index is 12.3. The summed E-state index contributed by atoms with van der Waals surface area (Å²) in [4.78, 5) is 0. The highest BCUT2D eigenvalue weighted by molar-refractivity contribution is 7.89. The van der Waals surface area contributed by atoms with E-state index in [1.54, 1.807) is 0 Å². The number of nitrogens with zero attached hydrogens (tertiary/aromatic N) is 1. The van der Waals surface area contributed by atoms with E-state index in [-0.39, 0.29) is 5.03 Å². The molecule has 2 saturated carbocycles. The molecule has 112 valence electrons. The Balaban J connectivity index is 1.70. The minimum absolute atomic E-state index is 0.149. The topological polar surface area (TPSA) is 86.9 Å². The second-order valence-electron chi connectivity index (χ2n) is 6.11. The predicted molar refractivity (Wildman–Crippen MR) is 75.6 cm³/mol. The van der Waals surface area contributed by atoms with Gasteiger partial charge in [-0.1, -0.05) is 6.92 Å². The van der Waals surface area contributed by atoms with E-state index >= 15 is 0 Å². The molecule has 2 aliphatic carbocycles. The number of aromatic nitrogens is 2. The van der Waals surface area contributed by atoms with Gasteiger partial charge in [0, 0.05) is 30.4 Å². The van der Waals surface area contributed by atoms with Gasteiger partial charge in [0.1, 0.15) is 0 Å². The van der Waals surface area contributed by atoms with Gasteiger partial charge in [-0.2, -0.15) is 5.10 Å². The third-order valence-corrected chi connectivity index (χ3v) is 5.64. The summed E-state index contributed by atoms with van der Waals surface area (Å²) < 4.78 is 27.4. The molecular weight excluding hydrogens is 276 g/mol. The van der Waals surface area contributed by atoms with Crippen LogP contribution < -0.4 is 10.0 Å². The SMILES string of the molecule is Cc1[nH]nc(S(=O)(=O)NCC2CC2C)c1CNC1CC1. The quantitative estimate of drug-likeness (QED) is 0.698. The summed E-state index contributed by atoms with van der Waals surface area (Å²) in [6.45, 7) is 5.08. The van der Waals surface area contributed by atoms with Crippen LogP contribution in [0.4, 0.5) is 0 Å². The Bertz CT molecular complexity index is 592. The molecule has 2 fully saturated rings. The lowest BCUT2D eigenvalue weighted by Crippen LogP contribution is -2.28. The van der Waals surface area contributed by atoms with Crippen LogP contribution in [-0.4, -0.2) is 31.2 Å². The molecule has 7 heteroatoms. The van der Waals surface area contributed by atoms with Crippen molar-refractivity contribution in [3.05, 3.63) is 11.3 Å². The Morgan fingerprint density at radius 2 is 2.10 bits per heavy atom. The highest BCUT2D eigenvalue weighted by Crippen LogP contribution is 2.37. The first-order valence-electron chi connectivity index (χ1n) is 7.24. The van der Waals surface area contributed by atoms with Gasteiger partial charge in [-0.05, 0) is 38.0 Å². The first kappa shape index (κ1) is 14.0. The minimum atomic E-state index is -3.51. The number of sulfonamides is 1. The number of hydrogen-bond donors (Lipinski definition) is 3. The van der Waals surface area contributed by atoms with Crippen molar-refractivity contribution >= 4 is 10.0 Å². The van der Waals surface area contributed by atoms with Crippen molar-refractivity contribution in [3.63, 3.8) is 0 Å². The van der Waals surface area contributed by atoms with Gasteiger partial charge >= 0.3 is 0 Å². The summed E-state index contributed by atoms with van der Waals surface area (Å²) >= 11 is 0. The Hall–Kier alpha value is -0.920. The molecule has 2 unspecified atom stereocenters. The van der Waals surface area contributed by atoms with E-state index in [9.17, 15) is 8.42 Å². The van der Waals surface area contributed by atoms with Crippen LogP contribution in [0.25, 0.3) is 0 Å². The van der Waals surface area contributed by atoms with E-state index in [0.717, 1.165) is 17.7 Å². The Kier molecular flexibility index (Phi) is 3.60. The van der Waals surface area contributed by atoms with Crippen LogP contribution in [0, 0.1) is 18.8 Å². The van der Waals surface area contributed by atoms with Crippen molar-refractivity contribution in [1.29, 1.82) is 0 Å². The van der Waals surface area contributed by atoms with E-state index < -0.39 is 10.0 Å². The first-order valence-corrected chi connectivity index (χ1v) is 8.72. The lowest BCUT2D eigenvalue weighted by molar-refractivity contribution is 0.567. The van der Waals surface area contributed by atoms with Gasteiger partial charge in [-0.15, -0.1) is 0 Å². The highest BCUT2D eigenvalue weighted by atomic mass is 32.2. The molecule has 0 saturated heterocycles. The zero-order valence-electron chi connectivity index (χ0n) is 11.9. The van der Waals surface area contributed by atoms with Crippen molar-refractivity contribution in [1.82, 2.24) is 20.2 Å². The molecule has 0 bridgehead atoms. The molecule has 2 aliphatic rings. The number of aromatic amines is 1. The summed E-state index contributed by atoms with van der Waals surface area (Å²) in [5.41, 5.74) is 1.58. The minimum Gasteiger partial charge on any atom is -0.310 e. The zero-order valence-corrected chi connectivity index (χ0v) is 12.8. The summed E-state index contributed by atoms with van der Waals surface area (Å²) in [5, 5.41) is 10.3. The van der Waals surface area contributed by atoms with Crippen molar-refractivity contribution in [2.45, 2.75) is 50.7 Å². The molecule has 0 spiro atoms. The Morgan fingerprint density at radius 1 is 1.40 bits per heavy atom. The maximum atomic E-state index is 12.3. The lowest BCUT2D eigenvalue weighted by atomic mass is 10.2. The summed E-state index contributed by atoms with van der Waals surface area (Å²) in [5.74, 6) is 1.12. The van der Waals surface area contributed by atoms with Crippen LogP contribution in [0.3, 0.4) is 0 Å². The number of aryl methyl sites for hydroxylation is 1. The molecule has 0 aromatic carbocycles. The normalized spacial score (nSPS) is 25.9. The van der Waals surface area contributed by atoms with Gasteiger partial charge in [0.15, 0.2) is 5.03 Å². The van der Waals surface area contributed by atoms with Gasteiger partial charge in [0.05, 0.1) is 0 Å². The van der Waals surface area contributed by atoms with Crippen LogP contribution in [0.5, 0.6) is 0 Å². The smallest absolute Gasteiger partial charge is 0.260 e. The molecule has 0 amide bonds. The molecule has 2 atom stereocenters. The number of hydrogen-bond acceptors (Lipinski definition) is 4. The highest BCUT2D eigenvalue weighted by Gasteiger charge is 2.34. The first-order chi connectivity index (χ1) is 9.47. The van der Waals surface area contributed by atoms with Crippen LogP contribution in [0.1, 0.15) is 37.4 Å². The molecule has 3 rings (SSSR count). The van der Waals surface area contributed by atoms with Crippen molar-refractivity contribution in [2.75, 3.05) is 6.54 Å². The fourth-order valence-electron chi connectivity index (χ4n) is 2.36. The Morgan fingerprint density at radius 3 is 2.70 bits per heavy atom. The molecule has 1 aromatic rings. The zero-order chi connectivity index (χ0) is 14.3. The van der Waals surface area contributed by atoms with Gasteiger partial charge in [0.25, 0.3) is 10.0 Å². The average molecular weight is 298 g/mol. The summed E-state index contributed by atoms with van der Waals surface area (Å²) in [7, 11) is -3.51. The van der Waals surface area contributed by atoms with Crippen molar-refractivity contribution in [2.24, 2.45) is 11.8 Å². The van der Waals surface area contributed by atoms with E-state index in [4.69, 9.17) is 0 Å². The summed E-state index contributed by atoms with van der Waals surface area (Å²) in [6.07, 6.45) is 3.46.